The van der Waals surface area contributed by atoms with Crippen LogP contribution in [0.5, 0.6) is 0 Å². The molecule has 0 atom stereocenters. The van der Waals surface area contributed by atoms with E-state index >= 15 is 0 Å². The van der Waals surface area contributed by atoms with E-state index in [2.05, 4.69) is 10.2 Å². The summed E-state index contributed by atoms with van der Waals surface area (Å²) in [6, 6.07) is 17.5. The summed E-state index contributed by atoms with van der Waals surface area (Å²) in [5, 5.41) is 16.0. The monoisotopic (exact) mass is 365 g/mol. The van der Waals surface area contributed by atoms with Gasteiger partial charge >= 0.3 is 0 Å². The lowest BCUT2D eigenvalue weighted by atomic mass is 10.1. The number of aromatic nitrogens is 2. The summed E-state index contributed by atoms with van der Waals surface area (Å²) in [5.41, 5.74) is 1.96. The minimum Gasteiger partial charge on any atom is -0.395 e. The Morgan fingerprint density at radius 2 is 1.89 bits per heavy atom. The topological polar surface area (TPSA) is 69.2 Å². The number of nitrogens with zero attached hydrogens (tertiary/aromatic N) is 2. The number of carbonyl (C=O) groups is 1. The summed E-state index contributed by atoms with van der Waals surface area (Å²) in [7, 11) is 0. The average molecular weight is 365 g/mol. The van der Waals surface area contributed by atoms with E-state index in [0.717, 1.165) is 5.56 Å². The summed E-state index contributed by atoms with van der Waals surface area (Å²) < 4.78 is 13.9. The van der Waals surface area contributed by atoms with E-state index in [4.69, 9.17) is 0 Å². The summed E-state index contributed by atoms with van der Waals surface area (Å²) in [6.07, 6.45) is 3.77. The van der Waals surface area contributed by atoms with Crippen LogP contribution in [0, 0.1) is 5.82 Å². The van der Waals surface area contributed by atoms with Gasteiger partial charge in [-0.25, -0.2) is 4.39 Å². The number of rotatable bonds is 7. The van der Waals surface area contributed by atoms with Crippen LogP contribution in [-0.2, 0) is 0 Å². The molecule has 2 aromatic carbocycles. The number of aromatic amines is 1. The van der Waals surface area contributed by atoms with E-state index in [1.165, 1.54) is 17.0 Å². The first-order valence-electron chi connectivity index (χ1n) is 8.61. The molecule has 138 valence electrons. The van der Waals surface area contributed by atoms with E-state index in [9.17, 15) is 14.3 Å². The van der Waals surface area contributed by atoms with Crippen molar-refractivity contribution < 1.29 is 14.3 Å². The number of benzene rings is 2. The van der Waals surface area contributed by atoms with Gasteiger partial charge in [0.2, 0.25) is 0 Å². The number of H-pyrrole nitrogens is 1. The summed E-state index contributed by atoms with van der Waals surface area (Å²) in [6.45, 7) is 0.369. The quantitative estimate of drug-likeness (QED) is 0.675. The van der Waals surface area contributed by atoms with Gasteiger partial charge in [0, 0.05) is 18.7 Å². The van der Waals surface area contributed by atoms with Crippen molar-refractivity contribution in [3.05, 3.63) is 83.8 Å². The van der Waals surface area contributed by atoms with Crippen molar-refractivity contribution in [3.63, 3.8) is 0 Å². The molecule has 3 rings (SSSR count). The number of hydrogen-bond acceptors (Lipinski definition) is 3. The number of halogens is 1. The molecule has 0 aliphatic rings. The van der Waals surface area contributed by atoms with Crippen LogP contribution in [0.15, 0.2) is 66.7 Å². The molecule has 0 saturated heterocycles. The minimum absolute atomic E-state index is 0.154. The van der Waals surface area contributed by atoms with Crippen molar-refractivity contribution in [3.8, 4) is 11.3 Å². The van der Waals surface area contributed by atoms with Gasteiger partial charge in [0.15, 0.2) is 0 Å². The van der Waals surface area contributed by atoms with Gasteiger partial charge in [-0.15, -0.1) is 0 Å². The van der Waals surface area contributed by atoms with E-state index < -0.39 is 5.82 Å². The largest absolute Gasteiger partial charge is 0.395 e. The van der Waals surface area contributed by atoms with Gasteiger partial charge in [-0.1, -0.05) is 54.6 Å². The maximum absolute atomic E-state index is 13.9. The van der Waals surface area contributed by atoms with Crippen molar-refractivity contribution in [1.82, 2.24) is 15.1 Å². The first-order chi connectivity index (χ1) is 13.2. The third kappa shape index (κ3) is 4.68. The van der Waals surface area contributed by atoms with Gasteiger partial charge in [-0.3, -0.25) is 9.89 Å². The smallest absolute Gasteiger partial charge is 0.272 e. The second-order valence-electron chi connectivity index (χ2n) is 5.93. The number of carbonyl (C=O) groups excluding carboxylic acids is 1. The summed E-state index contributed by atoms with van der Waals surface area (Å²) >= 11 is 0. The van der Waals surface area contributed by atoms with Crippen LogP contribution in [-0.4, -0.2) is 45.8 Å². The molecule has 3 aromatic rings. The van der Waals surface area contributed by atoms with Crippen molar-refractivity contribution in [1.29, 1.82) is 0 Å². The van der Waals surface area contributed by atoms with Crippen molar-refractivity contribution in [2.24, 2.45) is 0 Å². The standard InChI is InChI=1S/C21H20FN3O2/c22-18-11-5-4-10-17(18)19-15-20(24-23-19)21(27)25(13-14-26)12-6-9-16-7-2-1-3-8-16/h1-11,15,26H,12-14H2,(H,23,24)/b9-6+. The van der Waals surface area contributed by atoms with Crippen LogP contribution in [0.3, 0.4) is 0 Å². The second-order valence-corrected chi connectivity index (χ2v) is 5.93. The molecule has 0 radical (unpaired) electrons. The van der Waals surface area contributed by atoms with Gasteiger partial charge in [0.25, 0.3) is 5.91 Å². The zero-order valence-electron chi connectivity index (χ0n) is 14.7. The van der Waals surface area contributed by atoms with E-state index in [1.807, 2.05) is 42.5 Å². The lowest BCUT2D eigenvalue weighted by molar-refractivity contribution is 0.0737. The van der Waals surface area contributed by atoms with Gasteiger partial charge in [-0.05, 0) is 23.8 Å². The van der Waals surface area contributed by atoms with Crippen LogP contribution in [0.4, 0.5) is 4.39 Å². The molecule has 0 saturated carbocycles. The molecule has 1 heterocycles. The maximum Gasteiger partial charge on any atom is 0.272 e. The molecule has 0 spiro atoms. The van der Waals surface area contributed by atoms with Crippen LogP contribution in [0.1, 0.15) is 16.1 Å². The molecule has 1 aromatic heterocycles. The summed E-state index contributed by atoms with van der Waals surface area (Å²) in [5.74, 6) is -0.710. The Labute approximate surface area is 156 Å². The van der Waals surface area contributed by atoms with Crippen molar-refractivity contribution in [2.45, 2.75) is 0 Å². The molecule has 0 fully saturated rings. The molecular weight excluding hydrogens is 345 g/mol. The Hall–Kier alpha value is -3.25. The maximum atomic E-state index is 13.9. The first kappa shape index (κ1) is 18.5. The Bertz CT molecular complexity index is 922. The van der Waals surface area contributed by atoms with Gasteiger partial charge in [-0.2, -0.15) is 5.10 Å². The van der Waals surface area contributed by atoms with Crippen LogP contribution in [0.25, 0.3) is 17.3 Å². The fourth-order valence-electron chi connectivity index (χ4n) is 2.69. The molecule has 0 unspecified atom stereocenters. The predicted molar refractivity (Wildman–Crippen MR) is 102 cm³/mol. The highest BCUT2D eigenvalue weighted by Crippen LogP contribution is 2.21. The summed E-state index contributed by atoms with van der Waals surface area (Å²) in [4.78, 5) is 14.2. The highest BCUT2D eigenvalue weighted by molar-refractivity contribution is 5.93. The third-order valence-electron chi connectivity index (χ3n) is 4.05. The van der Waals surface area contributed by atoms with E-state index in [1.54, 1.807) is 18.2 Å². The average Bonchev–Trinajstić information content (AvgIpc) is 3.18. The fourth-order valence-corrected chi connectivity index (χ4v) is 2.69. The molecule has 27 heavy (non-hydrogen) atoms. The molecule has 5 nitrogen and oxygen atoms in total. The SMILES string of the molecule is O=C(c1cc(-c2ccccc2F)n[nH]1)N(C/C=C/c1ccccc1)CCO. The number of hydrogen-bond donors (Lipinski definition) is 2. The van der Waals surface area contributed by atoms with Crippen LogP contribution in [0.2, 0.25) is 0 Å². The molecule has 0 bridgehead atoms. The Balaban J connectivity index is 1.73. The lowest BCUT2D eigenvalue weighted by Gasteiger charge is -2.19. The van der Waals surface area contributed by atoms with Crippen LogP contribution < -0.4 is 0 Å². The molecule has 1 amide bonds. The zero-order chi connectivity index (χ0) is 19.1. The molecule has 0 aliphatic carbocycles. The van der Waals surface area contributed by atoms with E-state index in [-0.39, 0.29) is 24.8 Å². The van der Waals surface area contributed by atoms with E-state index in [0.29, 0.717) is 17.8 Å². The Kier molecular flexibility index (Phi) is 6.12. The Morgan fingerprint density at radius 3 is 2.63 bits per heavy atom. The predicted octanol–water partition coefficient (Wildman–Crippen LogP) is 3.36. The van der Waals surface area contributed by atoms with Gasteiger partial charge in [0.05, 0.1) is 12.3 Å². The Morgan fingerprint density at radius 1 is 1.15 bits per heavy atom. The normalized spacial score (nSPS) is 11.0. The molecule has 0 aliphatic heterocycles. The third-order valence-corrected chi connectivity index (χ3v) is 4.05. The number of nitrogens with one attached hydrogen (secondary N) is 1. The zero-order valence-corrected chi connectivity index (χ0v) is 14.7. The van der Waals surface area contributed by atoms with Crippen molar-refractivity contribution in [2.75, 3.05) is 19.7 Å². The lowest BCUT2D eigenvalue weighted by Crippen LogP contribution is -2.34. The number of amides is 1. The first-order valence-corrected chi connectivity index (χ1v) is 8.61. The van der Waals surface area contributed by atoms with Gasteiger partial charge in [0.1, 0.15) is 11.5 Å². The highest BCUT2D eigenvalue weighted by atomic mass is 19.1. The van der Waals surface area contributed by atoms with Crippen molar-refractivity contribution >= 4 is 12.0 Å². The second kappa shape index (κ2) is 8.91. The van der Waals surface area contributed by atoms with Crippen LogP contribution >= 0.6 is 0 Å². The highest BCUT2D eigenvalue weighted by Gasteiger charge is 2.18. The molecule has 2 N–H and O–H groups in total. The number of aliphatic hydroxyl groups excluding tert-OH is 1. The fraction of sp³-hybridized carbons (Fsp3) is 0.143. The minimum atomic E-state index is -0.402. The van der Waals surface area contributed by atoms with Gasteiger partial charge < -0.3 is 10.0 Å². The molecule has 6 heteroatoms. The number of aliphatic hydroxyl groups is 1. The molecular formula is C21H20FN3O2.